The zero-order valence-electron chi connectivity index (χ0n) is 44.0. The fourth-order valence-electron chi connectivity index (χ4n) is 11.1. The molecule has 9 aromatic carbocycles. The third-order valence-electron chi connectivity index (χ3n) is 14.9. The van der Waals surface area contributed by atoms with E-state index >= 15 is 0 Å². The molecule has 0 fully saturated rings. The van der Waals surface area contributed by atoms with Crippen LogP contribution in [0.1, 0.15) is 77.0 Å². The molecule has 0 atom stereocenters. The summed E-state index contributed by atoms with van der Waals surface area (Å²) in [5, 5.41) is 8.31. The molecule has 0 saturated carbocycles. The van der Waals surface area contributed by atoms with Gasteiger partial charge >= 0.3 is 0 Å². The largest absolute Gasteiger partial charge is 0.547 e. The molecular formula is C68H59IrN3O2Si-2. The van der Waals surface area contributed by atoms with Gasteiger partial charge in [-0.1, -0.05) is 179 Å². The Hall–Kier alpha value is -7.41. The quantitative estimate of drug-likeness (QED) is 0.0946. The van der Waals surface area contributed by atoms with Gasteiger partial charge in [-0.25, -0.2) is 0 Å². The molecule has 0 N–H and O–H groups in total. The molecule has 0 bridgehead atoms. The normalized spacial score (nSPS) is 12.9. The number of furan rings is 1. The van der Waals surface area contributed by atoms with E-state index in [1.54, 1.807) is 0 Å². The van der Waals surface area contributed by atoms with Crippen molar-refractivity contribution in [3.63, 3.8) is 0 Å². The first-order chi connectivity index (χ1) is 35.7. The fraction of sp³-hybridized carbons (Fsp3) is 0.176. The fourth-order valence-corrected chi connectivity index (χ4v) is 13.6. The van der Waals surface area contributed by atoms with E-state index in [0.717, 1.165) is 66.9 Å². The molecule has 0 aliphatic carbocycles. The predicted octanol–water partition coefficient (Wildman–Crippen LogP) is 17.9. The van der Waals surface area contributed by atoms with Crippen LogP contribution in [0.15, 0.2) is 187 Å². The molecular weight excluding hydrogens is 1110 g/mol. The van der Waals surface area contributed by atoms with Crippen LogP contribution >= 0.6 is 0 Å². The summed E-state index contributed by atoms with van der Waals surface area (Å²) >= 11 is 0. The van der Waals surface area contributed by atoms with Crippen molar-refractivity contribution in [2.24, 2.45) is 0 Å². The minimum Gasteiger partial charge on any atom is -0.547 e. The molecule has 0 unspecified atom stereocenters. The van der Waals surface area contributed by atoms with Gasteiger partial charge in [-0.2, -0.15) is 0 Å². The molecule has 0 spiro atoms. The van der Waals surface area contributed by atoms with Gasteiger partial charge in [-0.3, -0.25) is 4.98 Å². The van der Waals surface area contributed by atoms with Crippen LogP contribution in [0, 0.1) is 12.1 Å². The maximum absolute atomic E-state index is 6.83. The van der Waals surface area contributed by atoms with Crippen LogP contribution in [0.25, 0.3) is 105 Å². The summed E-state index contributed by atoms with van der Waals surface area (Å²) in [5.41, 5.74) is 16.6. The van der Waals surface area contributed by atoms with Crippen molar-refractivity contribution >= 4 is 68.0 Å². The first-order valence-electron chi connectivity index (χ1n) is 25.9. The summed E-state index contributed by atoms with van der Waals surface area (Å²) in [6, 6.07) is 69.3. The molecule has 3 aromatic heterocycles. The van der Waals surface area contributed by atoms with Crippen LogP contribution in [0.4, 0.5) is 0 Å². The van der Waals surface area contributed by atoms with Crippen LogP contribution in [0.5, 0.6) is 5.75 Å². The van der Waals surface area contributed by atoms with E-state index in [1.807, 2.05) is 24.4 Å². The Kier molecular flexibility index (Phi) is 12.9. The van der Waals surface area contributed by atoms with Crippen molar-refractivity contribution in [3.05, 3.63) is 211 Å². The van der Waals surface area contributed by atoms with Crippen LogP contribution < -0.4 is 9.61 Å². The number of hydrogen-bond acceptors (Lipinski definition) is 4. The first kappa shape index (κ1) is 49.8. The molecule has 75 heavy (non-hydrogen) atoms. The Balaban J connectivity index is 0.000000189. The molecule has 4 heterocycles. The second-order valence-electron chi connectivity index (χ2n) is 21.9. The van der Waals surface area contributed by atoms with Gasteiger partial charge in [0, 0.05) is 42.9 Å². The Labute approximate surface area is 454 Å². The molecule has 13 rings (SSSR count). The van der Waals surface area contributed by atoms with E-state index in [4.69, 9.17) is 18.8 Å². The maximum atomic E-state index is 6.83. The number of pyridine rings is 1. The molecule has 1 aliphatic heterocycles. The van der Waals surface area contributed by atoms with Gasteiger partial charge in [-0.15, -0.1) is 42.0 Å². The Morgan fingerprint density at radius 2 is 1.27 bits per heavy atom. The Bertz CT molecular complexity index is 4100. The van der Waals surface area contributed by atoms with Crippen LogP contribution in [0.3, 0.4) is 0 Å². The number of fused-ring (bicyclic) bond motifs is 10. The average Bonchev–Trinajstić information content (AvgIpc) is 3.98. The molecule has 1 aliphatic rings. The second-order valence-corrected chi connectivity index (χ2v) is 25.6. The average molecular weight is 1170 g/mol. The van der Waals surface area contributed by atoms with Gasteiger partial charge in [0.1, 0.15) is 11.3 Å². The number of aromatic nitrogens is 3. The standard InChI is InChI=1S/C45H35N2O.C23H24NOSi.Ir/c1-27(2)36-24-32(29-13-6-5-7-14-29)25-37(28(3)4)43(36)47-41-20-11-10-19-40(41)46-45(47)35-18-12-17-34-39-23-31-22-21-30-15-8-9-16-33(30)38(31)26-42(39)48-44(34)35;1-23(2,3)16-13-14-20(24-15-16)19-11-8-10-18-17-9-6-7-12-21(17)25-26(4,5)22(18)19;/h5-17,19-28H,1-4H3;6-10,12-15H,1-5H3;/q2*-1;. The third-order valence-corrected chi connectivity index (χ3v) is 17.3. The Morgan fingerprint density at radius 3 is 2.01 bits per heavy atom. The summed E-state index contributed by atoms with van der Waals surface area (Å²) < 4.78 is 15.7. The van der Waals surface area contributed by atoms with E-state index in [0.29, 0.717) is 0 Å². The van der Waals surface area contributed by atoms with Gasteiger partial charge in [0.05, 0.1) is 22.4 Å². The van der Waals surface area contributed by atoms with Gasteiger partial charge in [0.2, 0.25) is 8.32 Å². The molecule has 1 radical (unpaired) electrons. The number of nitrogens with zero attached hydrogens (tertiary/aromatic N) is 3. The minimum atomic E-state index is -2.11. The van der Waals surface area contributed by atoms with Crippen LogP contribution in [0.2, 0.25) is 13.1 Å². The number of imidazole rings is 1. The van der Waals surface area contributed by atoms with Crippen molar-refractivity contribution in [2.75, 3.05) is 0 Å². The van der Waals surface area contributed by atoms with Crippen molar-refractivity contribution in [1.29, 1.82) is 0 Å². The zero-order chi connectivity index (χ0) is 51.0. The smallest absolute Gasteiger partial charge is 0.231 e. The SMILES string of the molecule is CC(C)(C)c1ccc(-c2[c-]ccc3c2[Si](C)(C)Oc2ccccc2-3)nc1.CC(C)c1cc(-c2ccccc2)cc(C(C)C)c1-n1c(-c2[c-]ccc3c2oc2cc4c(ccc5ccccc54)cc23)nc2ccccc21.[Ir]. The van der Waals surface area contributed by atoms with Gasteiger partial charge in [-0.05, 0) is 128 Å². The van der Waals surface area contributed by atoms with Crippen molar-refractivity contribution in [1.82, 2.24) is 14.5 Å². The number of benzene rings is 9. The predicted molar refractivity (Wildman–Crippen MR) is 312 cm³/mol. The monoisotopic (exact) mass is 1170 g/mol. The third kappa shape index (κ3) is 8.81. The second kappa shape index (κ2) is 19.4. The number of hydrogen-bond donors (Lipinski definition) is 0. The molecule has 12 aromatic rings. The summed E-state index contributed by atoms with van der Waals surface area (Å²) in [4.78, 5) is 10.1. The van der Waals surface area contributed by atoms with Crippen LogP contribution in [-0.4, -0.2) is 22.9 Å². The minimum absolute atomic E-state index is 0. The summed E-state index contributed by atoms with van der Waals surface area (Å²) in [6.07, 6.45) is 1.99. The van der Waals surface area contributed by atoms with E-state index in [-0.39, 0.29) is 37.4 Å². The molecule has 5 nitrogen and oxygen atoms in total. The molecule has 0 saturated heterocycles. The van der Waals surface area contributed by atoms with E-state index in [2.05, 4.69) is 236 Å². The van der Waals surface area contributed by atoms with Gasteiger partial charge in [0.25, 0.3) is 0 Å². The van der Waals surface area contributed by atoms with Crippen molar-refractivity contribution < 1.29 is 28.9 Å². The van der Waals surface area contributed by atoms with Crippen molar-refractivity contribution in [3.8, 4) is 56.3 Å². The van der Waals surface area contributed by atoms with Crippen LogP contribution in [-0.2, 0) is 25.5 Å². The molecule has 373 valence electrons. The molecule has 0 amide bonds. The number of rotatable bonds is 6. The van der Waals surface area contributed by atoms with E-state index in [9.17, 15) is 0 Å². The van der Waals surface area contributed by atoms with E-state index < -0.39 is 8.32 Å². The van der Waals surface area contributed by atoms with Gasteiger partial charge < -0.3 is 18.4 Å². The van der Waals surface area contributed by atoms with E-state index in [1.165, 1.54) is 65.8 Å². The first-order valence-corrected chi connectivity index (χ1v) is 28.8. The summed E-state index contributed by atoms with van der Waals surface area (Å²) in [7, 11) is -2.11. The number of para-hydroxylation sites is 3. The van der Waals surface area contributed by atoms with Gasteiger partial charge in [0.15, 0.2) is 0 Å². The Morgan fingerprint density at radius 1 is 0.587 bits per heavy atom. The topological polar surface area (TPSA) is 53.1 Å². The maximum Gasteiger partial charge on any atom is 0.231 e. The van der Waals surface area contributed by atoms with Crippen molar-refractivity contribution in [2.45, 2.75) is 78.8 Å². The molecule has 7 heteroatoms. The summed E-state index contributed by atoms with van der Waals surface area (Å²) in [5.74, 6) is 2.39. The summed E-state index contributed by atoms with van der Waals surface area (Å²) in [6.45, 7) is 20.3. The zero-order valence-corrected chi connectivity index (χ0v) is 47.4.